The number of hydrogen-bond acceptors (Lipinski definition) is 4. The highest BCUT2D eigenvalue weighted by molar-refractivity contribution is 6.42. The van der Waals surface area contributed by atoms with Gasteiger partial charge >= 0.3 is 12.0 Å². The van der Waals surface area contributed by atoms with Gasteiger partial charge in [-0.05, 0) is 40.6 Å². The van der Waals surface area contributed by atoms with Gasteiger partial charge in [0.15, 0.2) is 0 Å². The van der Waals surface area contributed by atoms with Gasteiger partial charge in [-0.15, -0.1) is 0 Å². The number of anilines is 2. The molecule has 0 aliphatic heterocycles. The predicted octanol–water partition coefficient (Wildman–Crippen LogP) is 6.92. The highest BCUT2D eigenvalue weighted by Crippen LogP contribution is 2.34. The van der Waals surface area contributed by atoms with Gasteiger partial charge in [-0.2, -0.15) is 0 Å². The van der Waals surface area contributed by atoms with E-state index < -0.39 is 17.9 Å². The molecule has 0 aliphatic carbocycles. The van der Waals surface area contributed by atoms with Crippen LogP contribution in [0.5, 0.6) is 0 Å². The lowest BCUT2D eigenvalue weighted by molar-refractivity contribution is -0.143. The Labute approximate surface area is 227 Å². The van der Waals surface area contributed by atoms with Crippen molar-refractivity contribution in [3.05, 3.63) is 105 Å². The molecule has 4 rings (SSSR count). The predicted molar refractivity (Wildman–Crippen MR) is 147 cm³/mol. The van der Waals surface area contributed by atoms with E-state index in [-0.39, 0.29) is 40.1 Å². The Balaban J connectivity index is 1.49. The minimum atomic E-state index is -0.683. The van der Waals surface area contributed by atoms with Crippen molar-refractivity contribution in [2.24, 2.45) is 0 Å². The van der Waals surface area contributed by atoms with Gasteiger partial charge in [-0.3, -0.25) is 9.59 Å². The maximum atomic E-state index is 13.0. The summed E-state index contributed by atoms with van der Waals surface area (Å²) in [5, 5.41) is 9.96. The number of carbonyl (C=O) groups excluding carboxylic acids is 3. The van der Waals surface area contributed by atoms with Crippen molar-refractivity contribution in [1.82, 2.24) is 5.32 Å². The molecule has 0 spiro atoms. The molecule has 0 saturated carbocycles. The molecular formula is C27H20Cl3N3O4. The van der Waals surface area contributed by atoms with Gasteiger partial charge < -0.3 is 20.7 Å². The number of esters is 1. The zero-order chi connectivity index (χ0) is 26.4. The lowest BCUT2D eigenvalue weighted by Crippen LogP contribution is -2.31. The number of amides is 3. The first kappa shape index (κ1) is 26.3. The van der Waals surface area contributed by atoms with Crippen LogP contribution in [0.1, 0.15) is 15.9 Å². The summed E-state index contributed by atoms with van der Waals surface area (Å²) in [6.07, 6.45) is 0. The van der Waals surface area contributed by atoms with E-state index in [1.807, 2.05) is 54.6 Å². The number of rotatable bonds is 7. The van der Waals surface area contributed by atoms with Crippen molar-refractivity contribution in [3.8, 4) is 0 Å². The average Bonchev–Trinajstić information content (AvgIpc) is 2.88. The summed E-state index contributed by atoms with van der Waals surface area (Å²) in [5.74, 6) is -1.17. The Kier molecular flexibility index (Phi) is 8.50. The van der Waals surface area contributed by atoms with E-state index in [2.05, 4.69) is 16.0 Å². The lowest BCUT2D eigenvalue weighted by atomic mass is 10.0. The van der Waals surface area contributed by atoms with Crippen LogP contribution in [0, 0.1) is 0 Å². The maximum absolute atomic E-state index is 13.0. The van der Waals surface area contributed by atoms with E-state index in [1.54, 1.807) is 12.1 Å². The zero-order valence-corrected chi connectivity index (χ0v) is 21.5. The third kappa shape index (κ3) is 6.92. The van der Waals surface area contributed by atoms with Crippen LogP contribution in [0.15, 0.2) is 78.9 Å². The number of halogens is 3. The molecule has 0 atom stereocenters. The van der Waals surface area contributed by atoms with Crippen molar-refractivity contribution in [2.75, 3.05) is 17.2 Å². The molecule has 188 valence electrons. The summed E-state index contributed by atoms with van der Waals surface area (Å²) < 4.78 is 5.21. The Hall–Kier alpha value is -3.78. The minimum Gasteiger partial charge on any atom is -0.460 e. The number of urea groups is 1. The highest BCUT2D eigenvalue weighted by atomic mass is 35.5. The van der Waals surface area contributed by atoms with Gasteiger partial charge in [0.05, 0.1) is 27.0 Å². The summed E-state index contributed by atoms with van der Waals surface area (Å²) in [6, 6.07) is 22.0. The van der Waals surface area contributed by atoms with Crippen LogP contribution >= 0.6 is 34.8 Å². The minimum absolute atomic E-state index is 0.0916. The molecule has 0 fully saturated rings. The second-order valence-electron chi connectivity index (χ2n) is 7.90. The first-order valence-corrected chi connectivity index (χ1v) is 12.2. The zero-order valence-electron chi connectivity index (χ0n) is 19.2. The summed E-state index contributed by atoms with van der Waals surface area (Å²) in [5.41, 5.74) is 1.36. The summed E-state index contributed by atoms with van der Waals surface area (Å²) in [4.78, 5) is 38.0. The molecule has 0 radical (unpaired) electrons. The summed E-state index contributed by atoms with van der Waals surface area (Å²) in [7, 11) is 0. The smallest absolute Gasteiger partial charge is 0.325 e. The monoisotopic (exact) mass is 555 g/mol. The second kappa shape index (κ2) is 12.0. The largest absolute Gasteiger partial charge is 0.460 e. The quantitative estimate of drug-likeness (QED) is 0.215. The number of fused-ring (bicyclic) bond motifs is 1. The van der Waals surface area contributed by atoms with E-state index in [0.29, 0.717) is 5.02 Å². The van der Waals surface area contributed by atoms with Crippen LogP contribution in [0.3, 0.4) is 0 Å². The van der Waals surface area contributed by atoms with Gasteiger partial charge in [-0.25, -0.2) is 4.79 Å². The van der Waals surface area contributed by atoms with Crippen LogP contribution in [0.25, 0.3) is 10.8 Å². The van der Waals surface area contributed by atoms with Crippen LogP contribution in [0.2, 0.25) is 15.1 Å². The number of nitrogens with one attached hydrogen (secondary N) is 3. The average molecular weight is 557 g/mol. The van der Waals surface area contributed by atoms with Crippen molar-refractivity contribution < 1.29 is 19.1 Å². The van der Waals surface area contributed by atoms with E-state index in [9.17, 15) is 14.4 Å². The molecule has 7 nitrogen and oxygen atoms in total. The van der Waals surface area contributed by atoms with Crippen LogP contribution in [-0.4, -0.2) is 24.5 Å². The molecule has 3 N–H and O–H groups in total. The molecule has 10 heteroatoms. The van der Waals surface area contributed by atoms with Crippen LogP contribution in [0.4, 0.5) is 16.2 Å². The van der Waals surface area contributed by atoms with E-state index in [4.69, 9.17) is 39.5 Å². The van der Waals surface area contributed by atoms with Gasteiger partial charge in [0.25, 0.3) is 5.91 Å². The molecule has 4 aromatic carbocycles. The molecule has 0 saturated heterocycles. The lowest BCUT2D eigenvalue weighted by Gasteiger charge is -2.15. The first-order chi connectivity index (χ1) is 17.8. The molecule has 0 aromatic heterocycles. The number of ether oxygens (including phenoxy) is 1. The fourth-order valence-electron chi connectivity index (χ4n) is 3.50. The molecule has 0 aliphatic rings. The number of benzene rings is 4. The molecular weight excluding hydrogens is 537 g/mol. The Bertz CT molecular complexity index is 1460. The Morgan fingerprint density at radius 2 is 1.38 bits per heavy atom. The maximum Gasteiger partial charge on any atom is 0.325 e. The molecule has 4 aromatic rings. The third-order valence-corrected chi connectivity index (χ3v) is 6.07. The fraction of sp³-hybridized carbons (Fsp3) is 0.0741. The van der Waals surface area contributed by atoms with E-state index >= 15 is 0 Å². The van der Waals surface area contributed by atoms with E-state index in [0.717, 1.165) is 16.3 Å². The van der Waals surface area contributed by atoms with E-state index in [1.165, 1.54) is 12.1 Å². The van der Waals surface area contributed by atoms with Gasteiger partial charge in [0, 0.05) is 5.02 Å². The summed E-state index contributed by atoms with van der Waals surface area (Å²) in [6.45, 7) is -0.256. The SMILES string of the molecule is O=C(Nc1cc2ccccc2cc1C(=O)NCC(=O)OCc1ccccc1)Nc1c(Cl)cc(Cl)cc1Cl. The van der Waals surface area contributed by atoms with Gasteiger partial charge in [-0.1, -0.05) is 89.4 Å². The molecule has 37 heavy (non-hydrogen) atoms. The normalized spacial score (nSPS) is 10.6. The number of hydrogen-bond donors (Lipinski definition) is 3. The first-order valence-electron chi connectivity index (χ1n) is 11.0. The molecule has 0 heterocycles. The van der Waals surface area contributed by atoms with Crippen LogP contribution in [-0.2, 0) is 16.1 Å². The van der Waals surface area contributed by atoms with Gasteiger partial charge in [0.1, 0.15) is 13.2 Å². The molecule has 0 unspecified atom stereocenters. The summed E-state index contributed by atoms with van der Waals surface area (Å²) >= 11 is 18.2. The highest BCUT2D eigenvalue weighted by Gasteiger charge is 2.18. The standard InChI is InChI=1S/C27H20Cl3N3O4/c28-19-12-21(29)25(22(30)13-19)33-27(36)32-23-11-18-9-5-4-8-17(18)10-20(23)26(35)31-14-24(34)37-15-16-6-2-1-3-7-16/h1-13H,14-15H2,(H,31,35)(H2,32,33,36). The topological polar surface area (TPSA) is 96.5 Å². The third-order valence-electron chi connectivity index (χ3n) is 5.26. The van der Waals surface area contributed by atoms with Crippen molar-refractivity contribution in [1.29, 1.82) is 0 Å². The molecule has 0 bridgehead atoms. The van der Waals surface area contributed by atoms with Crippen LogP contribution < -0.4 is 16.0 Å². The van der Waals surface area contributed by atoms with Crippen molar-refractivity contribution in [2.45, 2.75) is 6.61 Å². The van der Waals surface area contributed by atoms with Crippen molar-refractivity contribution in [3.63, 3.8) is 0 Å². The Morgan fingerprint density at radius 1 is 0.757 bits per heavy atom. The van der Waals surface area contributed by atoms with Gasteiger partial charge in [0.2, 0.25) is 0 Å². The Morgan fingerprint density at radius 3 is 2.05 bits per heavy atom. The fourth-order valence-corrected chi connectivity index (χ4v) is 4.41. The molecule has 3 amide bonds. The number of carbonyl (C=O) groups is 3. The van der Waals surface area contributed by atoms with Crippen molar-refractivity contribution >= 4 is 74.9 Å². The second-order valence-corrected chi connectivity index (χ2v) is 9.15.